The van der Waals surface area contributed by atoms with Gasteiger partial charge in [-0.25, -0.2) is 4.79 Å². The number of benzene rings is 1. The first-order valence-corrected chi connectivity index (χ1v) is 8.59. The monoisotopic (exact) mass is 306 g/mol. The number of phenolic OH excluding ortho intramolecular Hbond substituents is 1. The maximum absolute atomic E-state index is 11.7. The number of carbonyl (C=O) groups excluding carboxylic acids is 1. The van der Waals surface area contributed by atoms with Crippen LogP contribution in [0.3, 0.4) is 0 Å². The van der Waals surface area contributed by atoms with E-state index < -0.39 is 0 Å². The molecular formula is C19H30O3. The predicted molar refractivity (Wildman–Crippen MR) is 90.2 cm³/mol. The number of carbonyl (C=O) groups is 1. The van der Waals surface area contributed by atoms with E-state index in [1.165, 1.54) is 50.7 Å². The van der Waals surface area contributed by atoms with Crippen LogP contribution in [-0.2, 0) is 4.74 Å². The Labute approximate surface area is 134 Å². The zero-order valence-electron chi connectivity index (χ0n) is 14.0. The average molecular weight is 306 g/mol. The maximum atomic E-state index is 11.7. The van der Waals surface area contributed by atoms with Crippen molar-refractivity contribution in [2.24, 2.45) is 5.92 Å². The SMILES string of the molecule is CCCCC(C)CCCCCCOC(=O)c1ccc(O)cc1. The Hall–Kier alpha value is -1.51. The number of aromatic hydroxyl groups is 1. The first-order valence-electron chi connectivity index (χ1n) is 8.59. The van der Waals surface area contributed by atoms with E-state index in [1.807, 2.05) is 0 Å². The second kappa shape index (κ2) is 11.1. The van der Waals surface area contributed by atoms with Gasteiger partial charge in [-0.1, -0.05) is 58.8 Å². The number of rotatable bonds is 11. The van der Waals surface area contributed by atoms with Gasteiger partial charge in [0.2, 0.25) is 0 Å². The Balaban J connectivity index is 2.01. The summed E-state index contributed by atoms with van der Waals surface area (Å²) in [6, 6.07) is 6.15. The summed E-state index contributed by atoms with van der Waals surface area (Å²) >= 11 is 0. The molecule has 1 unspecified atom stereocenters. The van der Waals surface area contributed by atoms with E-state index >= 15 is 0 Å². The Bertz CT molecular complexity index is 411. The molecule has 1 rings (SSSR count). The zero-order valence-corrected chi connectivity index (χ0v) is 14.0. The minimum absolute atomic E-state index is 0.157. The highest BCUT2D eigenvalue weighted by atomic mass is 16.5. The Kier molecular flexibility index (Phi) is 9.36. The van der Waals surface area contributed by atoms with E-state index in [4.69, 9.17) is 9.84 Å². The van der Waals surface area contributed by atoms with Crippen LogP contribution in [0.5, 0.6) is 5.75 Å². The minimum Gasteiger partial charge on any atom is -0.508 e. The molecule has 0 aromatic heterocycles. The van der Waals surface area contributed by atoms with Crippen molar-refractivity contribution in [3.63, 3.8) is 0 Å². The van der Waals surface area contributed by atoms with Gasteiger partial charge in [-0.3, -0.25) is 0 Å². The van der Waals surface area contributed by atoms with Crippen LogP contribution in [0.2, 0.25) is 0 Å². The van der Waals surface area contributed by atoms with E-state index in [0.29, 0.717) is 12.2 Å². The van der Waals surface area contributed by atoms with Crippen molar-refractivity contribution in [2.45, 2.75) is 65.2 Å². The zero-order chi connectivity index (χ0) is 16.2. The van der Waals surface area contributed by atoms with Crippen molar-refractivity contribution < 1.29 is 14.6 Å². The van der Waals surface area contributed by atoms with Crippen LogP contribution in [0, 0.1) is 5.92 Å². The van der Waals surface area contributed by atoms with Crippen molar-refractivity contribution in [1.82, 2.24) is 0 Å². The molecule has 0 aliphatic carbocycles. The van der Waals surface area contributed by atoms with Gasteiger partial charge in [-0.15, -0.1) is 0 Å². The van der Waals surface area contributed by atoms with E-state index in [1.54, 1.807) is 12.1 Å². The van der Waals surface area contributed by atoms with Crippen LogP contribution in [0.15, 0.2) is 24.3 Å². The molecule has 0 bridgehead atoms. The molecule has 0 spiro atoms. The molecule has 1 N–H and O–H groups in total. The van der Waals surface area contributed by atoms with Crippen molar-refractivity contribution in [1.29, 1.82) is 0 Å². The van der Waals surface area contributed by atoms with Crippen LogP contribution in [-0.4, -0.2) is 17.7 Å². The number of esters is 1. The fourth-order valence-electron chi connectivity index (χ4n) is 2.49. The topological polar surface area (TPSA) is 46.5 Å². The van der Waals surface area contributed by atoms with Gasteiger partial charge in [0.05, 0.1) is 12.2 Å². The summed E-state index contributed by atoms with van der Waals surface area (Å²) in [5.74, 6) is 0.685. The summed E-state index contributed by atoms with van der Waals surface area (Å²) in [7, 11) is 0. The van der Waals surface area contributed by atoms with Gasteiger partial charge in [0, 0.05) is 0 Å². The van der Waals surface area contributed by atoms with Crippen LogP contribution >= 0.6 is 0 Å². The molecule has 0 fully saturated rings. The van der Waals surface area contributed by atoms with Gasteiger partial charge in [0.25, 0.3) is 0 Å². The van der Waals surface area contributed by atoms with Gasteiger partial charge in [0.15, 0.2) is 0 Å². The number of phenols is 1. The van der Waals surface area contributed by atoms with Crippen molar-refractivity contribution in [3.8, 4) is 5.75 Å². The third kappa shape index (κ3) is 8.06. The minimum atomic E-state index is -0.312. The van der Waals surface area contributed by atoms with Crippen molar-refractivity contribution in [2.75, 3.05) is 6.61 Å². The molecule has 1 aromatic rings. The molecule has 0 saturated carbocycles. The van der Waals surface area contributed by atoms with Crippen molar-refractivity contribution in [3.05, 3.63) is 29.8 Å². The highest BCUT2D eigenvalue weighted by Gasteiger charge is 2.06. The molecule has 3 heteroatoms. The number of unbranched alkanes of at least 4 members (excludes halogenated alkanes) is 4. The van der Waals surface area contributed by atoms with E-state index in [2.05, 4.69) is 13.8 Å². The number of hydrogen-bond donors (Lipinski definition) is 1. The second-order valence-electron chi connectivity index (χ2n) is 6.13. The molecule has 0 heterocycles. The van der Waals surface area contributed by atoms with E-state index in [9.17, 15) is 4.79 Å². The largest absolute Gasteiger partial charge is 0.508 e. The quantitative estimate of drug-likeness (QED) is 0.444. The van der Waals surface area contributed by atoms with Crippen LogP contribution in [0.4, 0.5) is 0 Å². The lowest BCUT2D eigenvalue weighted by Gasteiger charge is -2.10. The summed E-state index contributed by atoms with van der Waals surface area (Å²) in [6.07, 6.45) is 9.82. The summed E-state index contributed by atoms with van der Waals surface area (Å²) in [4.78, 5) is 11.7. The molecule has 0 saturated heterocycles. The molecule has 1 atom stereocenters. The van der Waals surface area contributed by atoms with Crippen LogP contribution in [0.25, 0.3) is 0 Å². The van der Waals surface area contributed by atoms with Crippen molar-refractivity contribution >= 4 is 5.97 Å². The molecule has 0 amide bonds. The van der Waals surface area contributed by atoms with Gasteiger partial charge >= 0.3 is 5.97 Å². The van der Waals surface area contributed by atoms with Gasteiger partial charge in [0.1, 0.15) is 5.75 Å². The van der Waals surface area contributed by atoms with Crippen LogP contribution in [0.1, 0.15) is 75.6 Å². The lowest BCUT2D eigenvalue weighted by molar-refractivity contribution is 0.0497. The van der Waals surface area contributed by atoms with Gasteiger partial charge in [-0.05, 0) is 36.6 Å². The first-order chi connectivity index (χ1) is 10.6. The highest BCUT2D eigenvalue weighted by molar-refractivity contribution is 5.89. The number of hydrogen-bond acceptors (Lipinski definition) is 3. The second-order valence-corrected chi connectivity index (χ2v) is 6.13. The van der Waals surface area contributed by atoms with Crippen LogP contribution < -0.4 is 0 Å². The van der Waals surface area contributed by atoms with E-state index in [-0.39, 0.29) is 11.7 Å². The van der Waals surface area contributed by atoms with Gasteiger partial charge < -0.3 is 9.84 Å². The summed E-state index contributed by atoms with van der Waals surface area (Å²) in [5.41, 5.74) is 0.488. The summed E-state index contributed by atoms with van der Waals surface area (Å²) < 4.78 is 5.23. The normalized spacial score (nSPS) is 12.1. The molecular weight excluding hydrogens is 276 g/mol. The molecule has 1 aromatic carbocycles. The highest BCUT2D eigenvalue weighted by Crippen LogP contribution is 2.16. The molecule has 124 valence electrons. The Morgan fingerprint density at radius 3 is 2.36 bits per heavy atom. The summed E-state index contributed by atoms with van der Waals surface area (Å²) in [5, 5.41) is 9.17. The molecule has 0 aliphatic heterocycles. The van der Waals surface area contributed by atoms with Gasteiger partial charge in [-0.2, -0.15) is 0 Å². The smallest absolute Gasteiger partial charge is 0.338 e. The number of ether oxygens (including phenoxy) is 1. The fourth-order valence-corrected chi connectivity index (χ4v) is 2.49. The first kappa shape index (κ1) is 18.5. The fraction of sp³-hybridized carbons (Fsp3) is 0.632. The predicted octanol–water partition coefficient (Wildman–Crippen LogP) is 5.33. The third-order valence-corrected chi connectivity index (χ3v) is 3.98. The molecule has 3 nitrogen and oxygen atoms in total. The third-order valence-electron chi connectivity index (χ3n) is 3.98. The maximum Gasteiger partial charge on any atom is 0.338 e. The lowest BCUT2D eigenvalue weighted by Crippen LogP contribution is -2.06. The summed E-state index contributed by atoms with van der Waals surface area (Å²) in [6.45, 7) is 5.06. The standard InChI is InChI=1S/C19H30O3/c1-3-4-9-16(2)10-7-5-6-8-15-22-19(21)17-11-13-18(20)14-12-17/h11-14,16,20H,3-10,15H2,1-2H3. The molecule has 0 aliphatic rings. The lowest BCUT2D eigenvalue weighted by atomic mass is 9.97. The Morgan fingerprint density at radius 2 is 1.68 bits per heavy atom. The molecule has 0 radical (unpaired) electrons. The average Bonchev–Trinajstić information content (AvgIpc) is 2.52. The molecule has 22 heavy (non-hydrogen) atoms. The Morgan fingerprint density at radius 1 is 1.05 bits per heavy atom. The van der Waals surface area contributed by atoms with E-state index in [0.717, 1.165) is 18.8 Å².